The Morgan fingerprint density at radius 3 is 2.71 bits per heavy atom. The van der Waals surface area contributed by atoms with Crippen molar-refractivity contribution in [3.63, 3.8) is 0 Å². The first-order valence-corrected chi connectivity index (χ1v) is 8.00. The maximum atomic E-state index is 13.3. The highest BCUT2D eigenvalue weighted by Gasteiger charge is 2.35. The number of hydrogen-bond acceptors (Lipinski definition) is 3. The van der Waals surface area contributed by atoms with E-state index in [9.17, 15) is 18.0 Å². The number of rotatable bonds is 2. The standard InChI is InChI=1S/C17H17F3N2O2/c1-9-8-24-15-6-13-11(4-14(15)22(9)7-10-2-3-10)12(17(18,19)20)5-16(23)21-13/h4-6,9-10H,2-3,7-8H2,1H3,(H,21,23). The molecule has 2 heterocycles. The molecule has 0 amide bonds. The van der Waals surface area contributed by atoms with E-state index >= 15 is 0 Å². The number of nitrogens with zero attached hydrogens (tertiary/aromatic N) is 1. The average molecular weight is 338 g/mol. The smallest absolute Gasteiger partial charge is 0.417 e. The van der Waals surface area contributed by atoms with Gasteiger partial charge in [-0.2, -0.15) is 13.2 Å². The molecule has 0 radical (unpaired) electrons. The molecule has 1 N–H and O–H groups in total. The van der Waals surface area contributed by atoms with Gasteiger partial charge in [0.1, 0.15) is 12.4 Å². The van der Waals surface area contributed by atoms with Crippen LogP contribution >= 0.6 is 0 Å². The summed E-state index contributed by atoms with van der Waals surface area (Å²) in [6.07, 6.45) is -2.26. The van der Waals surface area contributed by atoms with Crippen LogP contribution < -0.4 is 15.2 Å². The number of aromatic amines is 1. The summed E-state index contributed by atoms with van der Waals surface area (Å²) in [7, 11) is 0. The molecule has 1 aliphatic heterocycles. The second kappa shape index (κ2) is 5.16. The first kappa shape index (κ1) is 15.4. The number of alkyl halides is 3. The summed E-state index contributed by atoms with van der Waals surface area (Å²) < 4.78 is 45.7. The van der Waals surface area contributed by atoms with Crippen molar-refractivity contribution in [2.45, 2.75) is 32.0 Å². The van der Waals surface area contributed by atoms with Crippen LogP contribution in [0.4, 0.5) is 18.9 Å². The van der Waals surface area contributed by atoms with Crippen LogP contribution in [0.15, 0.2) is 23.0 Å². The normalized spacial score (nSPS) is 20.8. The van der Waals surface area contributed by atoms with E-state index < -0.39 is 17.3 Å². The molecular formula is C17H17F3N2O2. The van der Waals surface area contributed by atoms with Gasteiger partial charge in [-0.25, -0.2) is 0 Å². The van der Waals surface area contributed by atoms with Crippen molar-refractivity contribution in [1.82, 2.24) is 4.98 Å². The number of benzene rings is 1. The topological polar surface area (TPSA) is 45.3 Å². The number of aromatic nitrogens is 1. The van der Waals surface area contributed by atoms with E-state index in [4.69, 9.17) is 4.74 Å². The van der Waals surface area contributed by atoms with Gasteiger partial charge in [0.2, 0.25) is 5.56 Å². The molecule has 4 nitrogen and oxygen atoms in total. The quantitative estimate of drug-likeness (QED) is 0.911. The minimum absolute atomic E-state index is 0.000605. The fourth-order valence-corrected chi connectivity index (χ4v) is 3.24. The van der Waals surface area contributed by atoms with Crippen molar-refractivity contribution in [2.75, 3.05) is 18.1 Å². The first-order valence-electron chi connectivity index (χ1n) is 8.00. The second-order valence-electron chi connectivity index (χ2n) is 6.67. The number of pyridine rings is 1. The summed E-state index contributed by atoms with van der Waals surface area (Å²) in [5, 5.41) is -0.000605. The molecule has 128 valence electrons. The monoisotopic (exact) mass is 338 g/mol. The molecule has 1 aromatic carbocycles. The summed E-state index contributed by atoms with van der Waals surface area (Å²) in [5.74, 6) is 1.13. The van der Waals surface area contributed by atoms with Crippen molar-refractivity contribution < 1.29 is 17.9 Å². The molecule has 1 aromatic heterocycles. The largest absolute Gasteiger partial charge is 0.489 e. The van der Waals surface area contributed by atoms with Crippen molar-refractivity contribution >= 4 is 16.6 Å². The summed E-state index contributed by atoms with van der Waals surface area (Å²) in [6.45, 7) is 3.31. The highest BCUT2D eigenvalue weighted by molar-refractivity contribution is 5.89. The van der Waals surface area contributed by atoms with Crippen LogP contribution in [-0.4, -0.2) is 24.2 Å². The third kappa shape index (κ3) is 2.61. The zero-order valence-electron chi connectivity index (χ0n) is 13.1. The lowest BCUT2D eigenvalue weighted by Gasteiger charge is -2.37. The molecule has 1 aliphatic carbocycles. The van der Waals surface area contributed by atoms with Crippen molar-refractivity contribution in [3.8, 4) is 5.75 Å². The lowest BCUT2D eigenvalue weighted by atomic mass is 10.0. The Balaban J connectivity index is 1.92. The van der Waals surface area contributed by atoms with E-state index in [2.05, 4.69) is 9.88 Å². The van der Waals surface area contributed by atoms with Crippen molar-refractivity contribution in [3.05, 3.63) is 34.1 Å². The Kier molecular flexibility index (Phi) is 3.30. The molecule has 1 atom stereocenters. The molecule has 2 aromatic rings. The highest BCUT2D eigenvalue weighted by atomic mass is 19.4. The molecule has 0 spiro atoms. The Bertz CT molecular complexity index is 855. The van der Waals surface area contributed by atoms with Gasteiger partial charge in [-0.05, 0) is 31.7 Å². The van der Waals surface area contributed by atoms with Gasteiger partial charge < -0.3 is 14.6 Å². The molecule has 1 unspecified atom stereocenters. The van der Waals surface area contributed by atoms with Gasteiger partial charge in [0.05, 0.1) is 22.8 Å². The Hall–Kier alpha value is -2.18. The van der Waals surface area contributed by atoms with E-state index in [1.807, 2.05) is 6.92 Å². The second-order valence-corrected chi connectivity index (χ2v) is 6.67. The van der Waals surface area contributed by atoms with Crippen molar-refractivity contribution in [1.29, 1.82) is 0 Å². The lowest BCUT2D eigenvalue weighted by Crippen LogP contribution is -2.42. The van der Waals surface area contributed by atoms with Crippen LogP contribution in [0.2, 0.25) is 0 Å². The van der Waals surface area contributed by atoms with Gasteiger partial charge in [0.15, 0.2) is 0 Å². The molecule has 24 heavy (non-hydrogen) atoms. The maximum absolute atomic E-state index is 13.3. The molecule has 0 saturated heterocycles. The molecule has 1 fully saturated rings. The van der Waals surface area contributed by atoms with Gasteiger partial charge in [0, 0.05) is 24.1 Å². The Morgan fingerprint density at radius 1 is 1.29 bits per heavy atom. The fraction of sp³-hybridized carbons (Fsp3) is 0.471. The molecular weight excluding hydrogens is 321 g/mol. The third-order valence-electron chi connectivity index (χ3n) is 4.70. The number of hydrogen-bond donors (Lipinski definition) is 1. The van der Waals surface area contributed by atoms with E-state index in [1.54, 1.807) is 0 Å². The van der Waals surface area contributed by atoms with Gasteiger partial charge in [0.25, 0.3) is 0 Å². The van der Waals surface area contributed by atoms with Gasteiger partial charge in [-0.1, -0.05) is 0 Å². The molecule has 2 aliphatic rings. The van der Waals surface area contributed by atoms with E-state index in [0.29, 0.717) is 30.0 Å². The number of fused-ring (bicyclic) bond motifs is 2. The maximum Gasteiger partial charge on any atom is 0.417 e. The summed E-state index contributed by atoms with van der Waals surface area (Å²) in [5.41, 5.74) is -0.859. The molecule has 1 saturated carbocycles. The first-order chi connectivity index (χ1) is 11.3. The van der Waals surface area contributed by atoms with Crippen LogP contribution in [0.1, 0.15) is 25.3 Å². The minimum Gasteiger partial charge on any atom is -0.489 e. The van der Waals surface area contributed by atoms with Crippen LogP contribution in [0.25, 0.3) is 10.9 Å². The predicted molar refractivity (Wildman–Crippen MR) is 84.6 cm³/mol. The summed E-state index contributed by atoms with van der Waals surface area (Å²) >= 11 is 0. The Morgan fingerprint density at radius 2 is 2.04 bits per heavy atom. The van der Waals surface area contributed by atoms with Gasteiger partial charge in [-0.15, -0.1) is 0 Å². The van der Waals surface area contributed by atoms with Crippen LogP contribution in [-0.2, 0) is 6.18 Å². The average Bonchev–Trinajstić information content (AvgIpc) is 3.31. The number of H-pyrrole nitrogens is 1. The number of nitrogens with one attached hydrogen (secondary N) is 1. The number of ether oxygens (including phenoxy) is 1. The molecule has 0 bridgehead atoms. The minimum atomic E-state index is -4.58. The van der Waals surface area contributed by atoms with E-state index in [-0.39, 0.29) is 16.9 Å². The summed E-state index contributed by atoms with van der Waals surface area (Å²) in [4.78, 5) is 16.2. The van der Waals surface area contributed by atoms with Crippen LogP contribution in [0, 0.1) is 5.92 Å². The highest BCUT2D eigenvalue weighted by Crippen LogP contribution is 2.42. The number of halogens is 3. The van der Waals surface area contributed by atoms with Crippen molar-refractivity contribution in [2.24, 2.45) is 5.92 Å². The molecule has 7 heteroatoms. The molecule has 4 rings (SSSR count). The summed E-state index contributed by atoms with van der Waals surface area (Å²) in [6, 6.07) is 3.73. The SMILES string of the molecule is CC1COc2cc3[nH]c(=O)cc(C(F)(F)F)c3cc2N1CC1CC1. The third-order valence-corrected chi connectivity index (χ3v) is 4.70. The van der Waals surface area contributed by atoms with E-state index in [0.717, 1.165) is 19.4 Å². The zero-order chi connectivity index (χ0) is 17.1. The number of anilines is 1. The van der Waals surface area contributed by atoms with E-state index in [1.165, 1.54) is 12.1 Å². The van der Waals surface area contributed by atoms with Crippen LogP contribution in [0.5, 0.6) is 5.75 Å². The lowest BCUT2D eigenvalue weighted by molar-refractivity contribution is -0.136. The fourth-order valence-electron chi connectivity index (χ4n) is 3.24. The predicted octanol–water partition coefficient (Wildman–Crippen LogP) is 3.54. The van der Waals surface area contributed by atoms with Gasteiger partial charge in [-0.3, -0.25) is 4.79 Å². The van der Waals surface area contributed by atoms with Crippen LogP contribution in [0.3, 0.4) is 0 Å². The Labute approximate surface area is 136 Å². The zero-order valence-corrected chi connectivity index (χ0v) is 13.1. The van der Waals surface area contributed by atoms with Gasteiger partial charge >= 0.3 is 6.18 Å².